The van der Waals surface area contributed by atoms with E-state index in [1.54, 1.807) is 0 Å². The van der Waals surface area contributed by atoms with Crippen LogP contribution in [0.25, 0.3) is 0 Å². The van der Waals surface area contributed by atoms with Crippen molar-refractivity contribution < 1.29 is 18.6 Å². The van der Waals surface area contributed by atoms with Crippen molar-refractivity contribution in [3.63, 3.8) is 0 Å². The van der Waals surface area contributed by atoms with Crippen LogP contribution in [0.1, 0.15) is 31.4 Å². The first-order valence-electron chi connectivity index (χ1n) is 7.07. The Bertz CT molecular complexity index is 420. The molecule has 5 heteroatoms. The molecule has 2 unspecified atom stereocenters. The molecule has 1 saturated heterocycles. The molecular weight excluding hydrogens is 264 g/mol. The molecule has 1 heterocycles. The first kappa shape index (κ1) is 15.4. The molecule has 0 aliphatic carbocycles. The van der Waals surface area contributed by atoms with E-state index >= 15 is 0 Å². The van der Waals surface area contributed by atoms with Crippen LogP contribution >= 0.6 is 0 Å². The molecule has 0 amide bonds. The quantitative estimate of drug-likeness (QED) is 0.902. The molecule has 0 bridgehead atoms. The van der Waals surface area contributed by atoms with E-state index in [-0.39, 0.29) is 18.2 Å². The molecule has 0 spiro atoms. The van der Waals surface area contributed by atoms with Crippen LogP contribution < -0.4 is 0 Å². The van der Waals surface area contributed by atoms with Crippen molar-refractivity contribution in [1.82, 2.24) is 4.90 Å². The molecule has 0 aromatic heterocycles. The molecule has 1 aliphatic heterocycles. The third-order valence-corrected chi connectivity index (χ3v) is 3.60. The van der Waals surface area contributed by atoms with Gasteiger partial charge in [-0.1, -0.05) is 19.4 Å². The van der Waals surface area contributed by atoms with Gasteiger partial charge in [0.15, 0.2) is 0 Å². The summed E-state index contributed by atoms with van der Waals surface area (Å²) in [6.45, 7) is 4.28. The monoisotopic (exact) mass is 285 g/mol. The second-order valence-electron chi connectivity index (χ2n) is 5.19. The summed E-state index contributed by atoms with van der Waals surface area (Å²) in [6, 6.07) is 3.63. The lowest BCUT2D eigenvalue weighted by molar-refractivity contribution is -0.0445. The lowest BCUT2D eigenvalue weighted by Gasteiger charge is -2.34. The molecule has 1 fully saturated rings. The standard InChI is InChI=1S/C15H21F2NO2/c1-2-4-11-9-18(7-8-20-11)10-14(19)15-12(16)5-3-6-13(15)17/h3,5-6,11,14,19H,2,4,7-10H2,1H3. The third-order valence-electron chi connectivity index (χ3n) is 3.60. The van der Waals surface area contributed by atoms with E-state index in [9.17, 15) is 13.9 Å². The van der Waals surface area contributed by atoms with E-state index in [0.29, 0.717) is 19.7 Å². The average molecular weight is 285 g/mol. The van der Waals surface area contributed by atoms with Crippen LogP contribution in [0.2, 0.25) is 0 Å². The summed E-state index contributed by atoms with van der Waals surface area (Å²) in [7, 11) is 0. The fourth-order valence-electron chi connectivity index (χ4n) is 2.61. The molecule has 3 nitrogen and oxygen atoms in total. The summed E-state index contributed by atoms with van der Waals surface area (Å²) < 4.78 is 32.8. The van der Waals surface area contributed by atoms with Crippen LogP contribution in [0.4, 0.5) is 8.78 Å². The van der Waals surface area contributed by atoms with Crippen molar-refractivity contribution in [2.45, 2.75) is 32.0 Å². The van der Waals surface area contributed by atoms with Crippen LogP contribution in [0.5, 0.6) is 0 Å². The zero-order valence-electron chi connectivity index (χ0n) is 11.7. The number of rotatable bonds is 5. The number of β-amino-alcohol motifs (C(OH)–C–C–N with tert-alkyl or cyclic N) is 1. The molecule has 1 aromatic carbocycles. The van der Waals surface area contributed by atoms with Gasteiger partial charge in [-0.3, -0.25) is 4.90 Å². The molecule has 1 aromatic rings. The lowest BCUT2D eigenvalue weighted by atomic mass is 10.1. The van der Waals surface area contributed by atoms with Gasteiger partial charge < -0.3 is 9.84 Å². The predicted octanol–water partition coefficient (Wildman–Crippen LogP) is 2.50. The van der Waals surface area contributed by atoms with Gasteiger partial charge in [-0.15, -0.1) is 0 Å². The van der Waals surface area contributed by atoms with Crippen LogP contribution in [0.3, 0.4) is 0 Å². The normalized spacial score (nSPS) is 21.9. The van der Waals surface area contributed by atoms with Gasteiger partial charge in [0.1, 0.15) is 11.6 Å². The fourth-order valence-corrected chi connectivity index (χ4v) is 2.61. The van der Waals surface area contributed by atoms with E-state index in [1.165, 1.54) is 18.2 Å². The summed E-state index contributed by atoms with van der Waals surface area (Å²) in [5.74, 6) is -1.40. The maximum absolute atomic E-state index is 13.6. The third kappa shape index (κ3) is 3.75. The number of benzene rings is 1. The van der Waals surface area contributed by atoms with Crippen LogP contribution in [-0.4, -0.2) is 42.4 Å². The van der Waals surface area contributed by atoms with Crippen molar-refractivity contribution in [2.75, 3.05) is 26.2 Å². The maximum Gasteiger partial charge on any atom is 0.131 e. The Labute approximate surface area is 118 Å². The molecule has 0 radical (unpaired) electrons. The Morgan fingerprint density at radius 3 is 2.75 bits per heavy atom. The Morgan fingerprint density at radius 2 is 2.10 bits per heavy atom. The molecular formula is C15H21F2NO2. The molecule has 20 heavy (non-hydrogen) atoms. The highest BCUT2D eigenvalue weighted by Crippen LogP contribution is 2.22. The summed E-state index contributed by atoms with van der Waals surface area (Å²) in [4.78, 5) is 2.00. The lowest BCUT2D eigenvalue weighted by Crippen LogP contribution is -2.44. The Hall–Kier alpha value is -1.04. The van der Waals surface area contributed by atoms with Crippen molar-refractivity contribution in [3.8, 4) is 0 Å². The van der Waals surface area contributed by atoms with Crippen molar-refractivity contribution in [3.05, 3.63) is 35.4 Å². The first-order chi connectivity index (χ1) is 9.61. The summed E-state index contributed by atoms with van der Waals surface area (Å²) >= 11 is 0. The second-order valence-corrected chi connectivity index (χ2v) is 5.19. The highest BCUT2D eigenvalue weighted by Gasteiger charge is 2.25. The number of nitrogens with zero attached hydrogens (tertiary/aromatic N) is 1. The Kier molecular flexibility index (Phi) is 5.46. The number of ether oxygens (including phenoxy) is 1. The topological polar surface area (TPSA) is 32.7 Å². The number of aliphatic hydroxyl groups excluding tert-OH is 1. The molecule has 0 saturated carbocycles. The number of hydrogen-bond donors (Lipinski definition) is 1. The van der Waals surface area contributed by atoms with E-state index < -0.39 is 17.7 Å². The molecule has 1 N–H and O–H groups in total. The summed E-state index contributed by atoms with van der Waals surface area (Å²) in [5, 5.41) is 10.1. The highest BCUT2D eigenvalue weighted by molar-refractivity contribution is 5.22. The average Bonchev–Trinajstić information content (AvgIpc) is 2.39. The zero-order chi connectivity index (χ0) is 14.5. The van der Waals surface area contributed by atoms with Gasteiger partial charge in [0.05, 0.1) is 24.4 Å². The summed E-state index contributed by atoms with van der Waals surface area (Å²) in [5.41, 5.74) is -0.244. The van der Waals surface area contributed by atoms with Crippen molar-refractivity contribution in [1.29, 1.82) is 0 Å². The van der Waals surface area contributed by atoms with E-state index in [2.05, 4.69) is 6.92 Å². The van der Waals surface area contributed by atoms with Gasteiger partial charge >= 0.3 is 0 Å². The number of aliphatic hydroxyl groups is 1. The second kappa shape index (κ2) is 7.11. The number of halogens is 2. The van der Waals surface area contributed by atoms with Crippen molar-refractivity contribution >= 4 is 0 Å². The number of morpholine rings is 1. The van der Waals surface area contributed by atoms with Gasteiger partial charge in [-0.2, -0.15) is 0 Å². The van der Waals surface area contributed by atoms with Crippen LogP contribution in [-0.2, 0) is 4.74 Å². The van der Waals surface area contributed by atoms with E-state index in [1.807, 2.05) is 4.90 Å². The summed E-state index contributed by atoms with van der Waals surface area (Å²) in [6.07, 6.45) is 0.979. The van der Waals surface area contributed by atoms with E-state index in [4.69, 9.17) is 4.74 Å². The van der Waals surface area contributed by atoms with Gasteiger partial charge in [-0.05, 0) is 18.6 Å². The molecule has 2 atom stereocenters. The minimum atomic E-state index is -1.16. The zero-order valence-corrected chi connectivity index (χ0v) is 11.7. The van der Waals surface area contributed by atoms with Crippen LogP contribution in [0, 0.1) is 11.6 Å². The Balaban J connectivity index is 1.98. The van der Waals surface area contributed by atoms with Gasteiger partial charge in [-0.25, -0.2) is 8.78 Å². The largest absolute Gasteiger partial charge is 0.387 e. The molecule has 2 rings (SSSR count). The van der Waals surface area contributed by atoms with Gasteiger partial charge in [0.2, 0.25) is 0 Å². The minimum absolute atomic E-state index is 0.145. The van der Waals surface area contributed by atoms with Crippen LogP contribution in [0.15, 0.2) is 18.2 Å². The van der Waals surface area contributed by atoms with E-state index in [0.717, 1.165) is 12.8 Å². The molecule has 1 aliphatic rings. The SMILES string of the molecule is CCCC1CN(CC(O)c2c(F)cccc2F)CCO1. The smallest absolute Gasteiger partial charge is 0.131 e. The minimum Gasteiger partial charge on any atom is -0.387 e. The van der Waals surface area contributed by atoms with Gasteiger partial charge in [0, 0.05) is 19.6 Å². The maximum atomic E-state index is 13.6. The highest BCUT2D eigenvalue weighted by atomic mass is 19.1. The predicted molar refractivity (Wildman–Crippen MR) is 72.4 cm³/mol. The molecule has 112 valence electrons. The first-order valence-corrected chi connectivity index (χ1v) is 7.07. The number of hydrogen-bond acceptors (Lipinski definition) is 3. The fraction of sp³-hybridized carbons (Fsp3) is 0.600. The Morgan fingerprint density at radius 1 is 1.40 bits per heavy atom. The van der Waals surface area contributed by atoms with Crippen molar-refractivity contribution in [2.24, 2.45) is 0 Å². The van der Waals surface area contributed by atoms with Gasteiger partial charge in [0.25, 0.3) is 0 Å².